The summed E-state index contributed by atoms with van der Waals surface area (Å²) in [6.45, 7) is 2.39. The first-order valence-electron chi connectivity index (χ1n) is 5.78. The van der Waals surface area contributed by atoms with Crippen LogP contribution in [0, 0.1) is 0 Å². The van der Waals surface area contributed by atoms with Crippen molar-refractivity contribution in [1.29, 1.82) is 0 Å². The number of nitrogens with one attached hydrogen (secondary N) is 1. The number of nitrogens with zero attached hydrogens (tertiary/aromatic N) is 1. The summed E-state index contributed by atoms with van der Waals surface area (Å²) in [7, 11) is 0. The molecule has 0 radical (unpaired) electrons. The van der Waals surface area contributed by atoms with E-state index in [0.717, 1.165) is 5.69 Å². The number of halogens is 1. The number of amides is 1. The third-order valence-corrected chi connectivity index (χ3v) is 3.42. The number of para-hydroxylation sites is 1. The zero-order chi connectivity index (χ0) is 13.7. The van der Waals surface area contributed by atoms with E-state index in [1.54, 1.807) is 18.2 Å². The van der Waals surface area contributed by atoms with Gasteiger partial charge in [0, 0.05) is 5.38 Å². The summed E-state index contributed by atoms with van der Waals surface area (Å²) in [5.74, 6) is 0.665. The summed E-state index contributed by atoms with van der Waals surface area (Å²) in [6, 6.07) is 7.11. The SMILES string of the molecule is CCOc1ccccc1C(=O)Nc1nc(CCl)cs1. The van der Waals surface area contributed by atoms with Gasteiger partial charge in [0.05, 0.1) is 23.7 Å². The molecule has 0 bridgehead atoms. The fourth-order valence-electron chi connectivity index (χ4n) is 1.53. The van der Waals surface area contributed by atoms with Crippen molar-refractivity contribution < 1.29 is 9.53 Å². The zero-order valence-corrected chi connectivity index (χ0v) is 11.9. The molecular formula is C13H13ClN2O2S. The Labute approximate surface area is 120 Å². The molecule has 0 unspecified atom stereocenters. The van der Waals surface area contributed by atoms with Crippen molar-refractivity contribution in [3.05, 3.63) is 40.9 Å². The number of rotatable bonds is 5. The first-order chi connectivity index (χ1) is 9.24. The molecule has 100 valence electrons. The van der Waals surface area contributed by atoms with Crippen molar-refractivity contribution in [2.45, 2.75) is 12.8 Å². The first-order valence-corrected chi connectivity index (χ1v) is 7.19. The number of hydrogen-bond acceptors (Lipinski definition) is 4. The fourth-order valence-corrected chi connectivity index (χ4v) is 2.46. The largest absolute Gasteiger partial charge is 0.493 e. The van der Waals surface area contributed by atoms with Gasteiger partial charge < -0.3 is 4.74 Å². The minimum atomic E-state index is -0.237. The molecule has 0 spiro atoms. The van der Waals surface area contributed by atoms with E-state index in [4.69, 9.17) is 16.3 Å². The van der Waals surface area contributed by atoms with Gasteiger partial charge >= 0.3 is 0 Å². The lowest BCUT2D eigenvalue weighted by molar-refractivity contribution is 0.102. The third kappa shape index (κ3) is 3.45. The lowest BCUT2D eigenvalue weighted by Gasteiger charge is -2.08. The van der Waals surface area contributed by atoms with Crippen LogP contribution in [-0.4, -0.2) is 17.5 Å². The minimum absolute atomic E-state index is 0.237. The number of ether oxygens (including phenoxy) is 1. The first kappa shape index (κ1) is 13.8. The van der Waals surface area contributed by atoms with Crippen LogP contribution in [-0.2, 0) is 5.88 Å². The molecule has 19 heavy (non-hydrogen) atoms. The van der Waals surface area contributed by atoms with Gasteiger partial charge in [-0.3, -0.25) is 10.1 Å². The molecule has 4 nitrogen and oxygen atoms in total. The normalized spacial score (nSPS) is 10.2. The van der Waals surface area contributed by atoms with E-state index in [-0.39, 0.29) is 5.91 Å². The van der Waals surface area contributed by atoms with Gasteiger partial charge in [0.1, 0.15) is 5.75 Å². The predicted octanol–water partition coefficient (Wildman–Crippen LogP) is 3.53. The van der Waals surface area contributed by atoms with Gasteiger partial charge in [0.15, 0.2) is 5.13 Å². The average Bonchev–Trinajstić information content (AvgIpc) is 2.87. The second-order valence-corrected chi connectivity index (χ2v) is 4.79. The molecule has 1 aromatic carbocycles. The molecule has 2 rings (SSSR count). The maximum Gasteiger partial charge on any atom is 0.261 e. The second kappa shape index (κ2) is 6.54. The predicted molar refractivity (Wildman–Crippen MR) is 77.2 cm³/mol. The Hall–Kier alpha value is -1.59. The summed E-state index contributed by atoms with van der Waals surface area (Å²) >= 11 is 7.02. The van der Waals surface area contributed by atoms with Crippen LogP contribution >= 0.6 is 22.9 Å². The molecule has 0 saturated carbocycles. The van der Waals surface area contributed by atoms with Crippen LogP contribution in [0.5, 0.6) is 5.75 Å². The van der Waals surface area contributed by atoms with Crippen LogP contribution in [0.25, 0.3) is 0 Å². The molecule has 6 heteroatoms. The Balaban J connectivity index is 2.15. The Morgan fingerprint density at radius 3 is 2.95 bits per heavy atom. The van der Waals surface area contributed by atoms with E-state index < -0.39 is 0 Å². The lowest BCUT2D eigenvalue weighted by atomic mass is 10.2. The Morgan fingerprint density at radius 1 is 1.47 bits per heavy atom. The summed E-state index contributed by atoms with van der Waals surface area (Å²) in [5.41, 5.74) is 1.24. The van der Waals surface area contributed by atoms with Crippen molar-refractivity contribution >= 4 is 34.0 Å². The van der Waals surface area contributed by atoms with E-state index in [1.807, 2.05) is 18.4 Å². The van der Waals surface area contributed by atoms with Gasteiger partial charge in [-0.05, 0) is 19.1 Å². The number of hydrogen-bond donors (Lipinski definition) is 1. The van der Waals surface area contributed by atoms with Gasteiger partial charge in [0.2, 0.25) is 0 Å². The number of aromatic nitrogens is 1. The number of anilines is 1. The molecule has 0 saturated heterocycles. The van der Waals surface area contributed by atoms with E-state index >= 15 is 0 Å². The number of carbonyl (C=O) groups is 1. The molecule has 0 atom stereocenters. The number of benzene rings is 1. The highest BCUT2D eigenvalue weighted by atomic mass is 35.5. The van der Waals surface area contributed by atoms with Gasteiger partial charge in [-0.2, -0.15) is 0 Å². The standard InChI is InChI=1S/C13H13ClN2O2S/c1-2-18-11-6-4-3-5-10(11)12(17)16-13-15-9(7-14)8-19-13/h3-6,8H,2,7H2,1H3,(H,15,16,17). The highest BCUT2D eigenvalue weighted by molar-refractivity contribution is 7.14. The maximum absolute atomic E-state index is 12.1. The van der Waals surface area contributed by atoms with Gasteiger partial charge in [-0.1, -0.05) is 12.1 Å². The summed E-state index contributed by atoms with van der Waals surface area (Å²) < 4.78 is 5.42. The molecule has 1 aromatic heterocycles. The van der Waals surface area contributed by atoms with Crippen LogP contribution in [0.15, 0.2) is 29.6 Å². The van der Waals surface area contributed by atoms with Crippen molar-refractivity contribution in [3.8, 4) is 5.75 Å². The van der Waals surface area contributed by atoms with E-state index in [1.165, 1.54) is 11.3 Å². The molecule has 0 aliphatic heterocycles. The number of carbonyl (C=O) groups excluding carboxylic acids is 1. The fraction of sp³-hybridized carbons (Fsp3) is 0.231. The number of alkyl halides is 1. The Bertz CT molecular complexity index is 571. The van der Waals surface area contributed by atoms with Crippen LogP contribution in [0.3, 0.4) is 0 Å². The van der Waals surface area contributed by atoms with E-state index in [0.29, 0.717) is 28.9 Å². The monoisotopic (exact) mass is 296 g/mol. The quantitative estimate of drug-likeness (QED) is 0.859. The van der Waals surface area contributed by atoms with Gasteiger partial charge in [-0.15, -0.1) is 22.9 Å². The van der Waals surface area contributed by atoms with Crippen LogP contribution < -0.4 is 10.1 Å². The molecule has 0 fully saturated rings. The highest BCUT2D eigenvalue weighted by Crippen LogP contribution is 2.21. The molecule has 1 amide bonds. The van der Waals surface area contributed by atoms with E-state index in [9.17, 15) is 4.79 Å². The van der Waals surface area contributed by atoms with Crippen LogP contribution in [0.2, 0.25) is 0 Å². The number of thiazole rings is 1. The highest BCUT2D eigenvalue weighted by Gasteiger charge is 2.13. The van der Waals surface area contributed by atoms with Crippen LogP contribution in [0.4, 0.5) is 5.13 Å². The van der Waals surface area contributed by atoms with Crippen LogP contribution in [0.1, 0.15) is 23.0 Å². The van der Waals surface area contributed by atoms with E-state index in [2.05, 4.69) is 10.3 Å². The molecule has 1 N–H and O–H groups in total. The second-order valence-electron chi connectivity index (χ2n) is 3.66. The van der Waals surface area contributed by atoms with Crippen molar-refractivity contribution in [2.75, 3.05) is 11.9 Å². The average molecular weight is 297 g/mol. The van der Waals surface area contributed by atoms with Crippen molar-refractivity contribution in [1.82, 2.24) is 4.98 Å². The topological polar surface area (TPSA) is 51.2 Å². The molecule has 0 aliphatic carbocycles. The minimum Gasteiger partial charge on any atom is -0.493 e. The Kier molecular flexibility index (Phi) is 4.76. The smallest absolute Gasteiger partial charge is 0.261 e. The molecule has 1 heterocycles. The van der Waals surface area contributed by atoms with Gasteiger partial charge in [-0.25, -0.2) is 4.98 Å². The third-order valence-electron chi connectivity index (χ3n) is 2.34. The Morgan fingerprint density at radius 2 is 2.26 bits per heavy atom. The zero-order valence-electron chi connectivity index (χ0n) is 10.4. The summed E-state index contributed by atoms with van der Waals surface area (Å²) in [6.07, 6.45) is 0. The summed E-state index contributed by atoms with van der Waals surface area (Å²) in [5, 5.41) is 5.09. The lowest BCUT2D eigenvalue weighted by Crippen LogP contribution is -2.13. The maximum atomic E-state index is 12.1. The van der Waals surface area contributed by atoms with Gasteiger partial charge in [0.25, 0.3) is 5.91 Å². The molecule has 2 aromatic rings. The van der Waals surface area contributed by atoms with Crippen molar-refractivity contribution in [2.24, 2.45) is 0 Å². The molecule has 0 aliphatic rings. The van der Waals surface area contributed by atoms with Crippen molar-refractivity contribution in [3.63, 3.8) is 0 Å². The molecular weight excluding hydrogens is 284 g/mol. The summed E-state index contributed by atoms with van der Waals surface area (Å²) in [4.78, 5) is 16.3.